The van der Waals surface area contributed by atoms with E-state index in [1.54, 1.807) is 0 Å². The maximum Gasteiger partial charge on any atom is 0.372 e. The van der Waals surface area contributed by atoms with Crippen molar-refractivity contribution >= 4 is 36.0 Å². The summed E-state index contributed by atoms with van der Waals surface area (Å²) in [5.74, 6) is -7.96. The zero-order valence-corrected chi connectivity index (χ0v) is 21.5. The number of carbonyl (C=O) groups is 4. The molecule has 0 fully saturated rings. The van der Waals surface area contributed by atoms with Crippen LogP contribution in [-0.4, -0.2) is 87.0 Å². The highest BCUT2D eigenvalue weighted by atomic mass is 16.6. The molecule has 3 unspecified atom stereocenters. The number of phenols is 4. The SMILES string of the molecule is COC(=O)C(O)=CC(OC(=O)C=Cc1ccc(O)c(O)c1)C(OC(=O)C=Cc1ccc(O)c(O)c1)C(O)C(=O)OC. The van der Waals surface area contributed by atoms with Crippen molar-refractivity contribution in [2.45, 2.75) is 18.3 Å². The van der Waals surface area contributed by atoms with Gasteiger partial charge in [0.2, 0.25) is 5.76 Å². The predicted octanol–water partition coefficient (Wildman–Crippen LogP) is 1.21. The minimum atomic E-state index is -2.30. The number of aliphatic hydroxyl groups excluding tert-OH is 2. The van der Waals surface area contributed by atoms with Gasteiger partial charge in [-0.2, -0.15) is 0 Å². The highest BCUT2D eigenvalue weighted by molar-refractivity contribution is 5.89. The van der Waals surface area contributed by atoms with Crippen molar-refractivity contribution in [2.24, 2.45) is 0 Å². The van der Waals surface area contributed by atoms with E-state index >= 15 is 0 Å². The Bertz CT molecular complexity index is 1370. The molecule has 41 heavy (non-hydrogen) atoms. The fourth-order valence-corrected chi connectivity index (χ4v) is 3.05. The first-order chi connectivity index (χ1) is 19.4. The Kier molecular flexibility index (Phi) is 11.3. The standard InChI is InChI=1S/C27H26O14/c1-38-26(36)20(32)13-21(40-22(33)9-5-14-3-7-16(28)18(30)11-14)25(24(35)27(37)39-2)41-23(34)10-6-15-4-8-17(29)19(31)12-15/h3-13,21,24-25,28-32,35H,1-2H3. The average molecular weight is 574 g/mol. The molecule has 0 aliphatic heterocycles. The molecule has 0 aliphatic carbocycles. The van der Waals surface area contributed by atoms with Crippen molar-refractivity contribution in [3.63, 3.8) is 0 Å². The number of phenolic OH excluding ortho intramolecular Hbond substituents is 4. The van der Waals surface area contributed by atoms with Gasteiger partial charge in [-0.05, 0) is 47.5 Å². The van der Waals surface area contributed by atoms with E-state index in [9.17, 15) is 49.8 Å². The number of esters is 4. The van der Waals surface area contributed by atoms with Crippen molar-refractivity contribution in [1.82, 2.24) is 0 Å². The van der Waals surface area contributed by atoms with Gasteiger partial charge >= 0.3 is 23.9 Å². The molecule has 0 bridgehead atoms. The fourth-order valence-electron chi connectivity index (χ4n) is 3.05. The van der Waals surface area contributed by atoms with Crippen LogP contribution in [0.5, 0.6) is 23.0 Å². The summed E-state index contributed by atoms with van der Waals surface area (Å²) < 4.78 is 19.1. The van der Waals surface area contributed by atoms with Crippen molar-refractivity contribution in [3.05, 3.63) is 71.5 Å². The molecule has 0 radical (unpaired) electrons. The number of ether oxygens (including phenoxy) is 4. The van der Waals surface area contributed by atoms with Crippen molar-refractivity contribution in [1.29, 1.82) is 0 Å². The lowest BCUT2D eigenvalue weighted by molar-refractivity contribution is -0.177. The Labute approximate surface area is 232 Å². The number of hydrogen-bond donors (Lipinski definition) is 6. The first-order valence-corrected chi connectivity index (χ1v) is 11.4. The van der Waals surface area contributed by atoms with E-state index in [2.05, 4.69) is 9.47 Å². The number of hydrogen-bond acceptors (Lipinski definition) is 14. The maximum absolute atomic E-state index is 12.6. The molecule has 3 atom stereocenters. The highest BCUT2D eigenvalue weighted by Gasteiger charge is 2.39. The zero-order chi connectivity index (χ0) is 30.7. The minimum absolute atomic E-state index is 0.235. The monoisotopic (exact) mass is 574 g/mol. The Morgan fingerprint density at radius 3 is 1.66 bits per heavy atom. The second-order valence-electron chi connectivity index (χ2n) is 7.98. The van der Waals surface area contributed by atoms with Crippen LogP contribution in [-0.2, 0) is 38.1 Å². The molecule has 14 nitrogen and oxygen atoms in total. The van der Waals surface area contributed by atoms with E-state index in [1.165, 1.54) is 12.1 Å². The predicted molar refractivity (Wildman–Crippen MR) is 138 cm³/mol. The zero-order valence-electron chi connectivity index (χ0n) is 21.5. The second kappa shape index (κ2) is 14.6. The summed E-state index contributed by atoms with van der Waals surface area (Å²) in [4.78, 5) is 49.0. The van der Waals surface area contributed by atoms with Gasteiger partial charge in [0.15, 0.2) is 41.3 Å². The van der Waals surface area contributed by atoms with E-state index in [0.717, 1.165) is 62.8 Å². The molecule has 14 heteroatoms. The lowest BCUT2D eigenvalue weighted by atomic mass is 10.1. The second-order valence-corrected chi connectivity index (χ2v) is 7.98. The molecule has 0 saturated carbocycles. The van der Waals surface area contributed by atoms with E-state index in [4.69, 9.17) is 9.47 Å². The quantitative estimate of drug-likeness (QED) is 0.0729. The third-order valence-corrected chi connectivity index (χ3v) is 5.12. The van der Waals surface area contributed by atoms with E-state index in [-0.39, 0.29) is 11.1 Å². The number of carbonyl (C=O) groups excluding carboxylic acids is 4. The number of methoxy groups -OCH3 is 2. The van der Waals surface area contributed by atoms with Crippen LogP contribution in [0.4, 0.5) is 0 Å². The van der Waals surface area contributed by atoms with Crippen LogP contribution in [0.15, 0.2) is 60.4 Å². The van der Waals surface area contributed by atoms with Crippen LogP contribution in [0.1, 0.15) is 11.1 Å². The van der Waals surface area contributed by atoms with Gasteiger partial charge < -0.3 is 49.6 Å². The van der Waals surface area contributed by atoms with Gasteiger partial charge in [-0.1, -0.05) is 12.1 Å². The largest absolute Gasteiger partial charge is 0.504 e. The molecule has 0 aromatic heterocycles. The summed E-state index contributed by atoms with van der Waals surface area (Å²) in [7, 11) is 1.83. The van der Waals surface area contributed by atoms with Crippen LogP contribution < -0.4 is 0 Å². The summed E-state index contributed by atoms with van der Waals surface area (Å²) in [5, 5.41) is 58.6. The molecular formula is C27H26O14. The van der Waals surface area contributed by atoms with Crippen molar-refractivity contribution in [2.75, 3.05) is 14.2 Å². The van der Waals surface area contributed by atoms with Gasteiger partial charge in [-0.3, -0.25) is 0 Å². The van der Waals surface area contributed by atoms with E-state index < -0.39 is 70.9 Å². The maximum atomic E-state index is 12.6. The topological polar surface area (TPSA) is 227 Å². The molecule has 0 spiro atoms. The molecule has 218 valence electrons. The lowest BCUT2D eigenvalue weighted by Crippen LogP contribution is -2.47. The first-order valence-electron chi connectivity index (χ1n) is 11.4. The molecule has 2 aromatic rings. The number of aromatic hydroxyl groups is 4. The van der Waals surface area contributed by atoms with Gasteiger partial charge in [0.1, 0.15) is 0 Å². The Hall–Kier alpha value is -5.50. The summed E-state index contributed by atoms with van der Waals surface area (Å²) in [6, 6.07) is 7.20. The molecule has 0 saturated heterocycles. The molecule has 2 aromatic carbocycles. The number of benzene rings is 2. The van der Waals surface area contributed by atoms with Crippen LogP contribution in [0, 0.1) is 0 Å². The smallest absolute Gasteiger partial charge is 0.372 e. The molecule has 0 amide bonds. The van der Waals surface area contributed by atoms with Gasteiger partial charge in [0, 0.05) is 18.2 Å². The van der Waals surface area contributed by atoms with E-state index in [0.29, 0.717) is 6.08 Å². The van der Waals surface area contributed by atoms with Crippen molar-refractivity contribution < 1.29 is 68.8 Å². The third kappa shape index (κ3) is 9.33. The summed E-state index contributed by atoms with van der Waals surface area (Å²) in [5.41, 5.74) is 0.476. The molecule has 0 aliphatic rings. The van der Waals surface area contributed by atoms with Crippen LogP contribution in [0.2, 0.25) is 0 Å². The van der Waals surface area contributed by atoms with Crippen LogP contribution >= 0.6 is 0 Å². The minimum Gasteiger partial charge on any atom is -0.504 e. The van der Waals surface area contributed by atoms with Crippen LogP contribution in [0.25, 0.3) is 12.2 Å². The van der Waals surface area contributed by atoms with Crippen LogP contribution in [0.3, 0.4) is 0 Å². The summed E-state index contributed by atoms with van der Waals surface area (Å²) in [6.07, 6.45) is -1.90. The van der Waals surface area contributed by atoms with Gasteiger partial charge in [-0.15, -0.1) is 0 Å². The Balaban J connectivity index is 2.40. The lowest BCUT2D eigenvalue weighted by Gasteiger charge is -2.26. The van der Waals surface area contributed by atoms with Crippen molar-refractivity contribution in [3.8, 4) is 23.0 Å². The summed E-state index contributed by atoms with van der Waals surface area (Å²) in [6.45, 7) is 0. The third-order valence-electron chi connectivity index (χ3n) is 5.12. The molecule has 6 N–H and O–H groups in total. The molecule has 0 heterocycles. The van der Waals surface area contributed by atoms with Gasteiger partial charge in [0.25, 0.3) is 0 Å². The summed E-state index contributed by atoms with van der Waals surface area (Å²) >= 11 is 0. The van der Waals surface area contributed by atoms with E-state index in [1.807, 2.05) is 0 Å². The average Bonchev–Trinajstić information content (AvgIpc) is 2.95. The molecular weight excluding hydrogens is 548 g/mol. The van der Waals surface area contributed by atoms with Gasteiger partial charge in [0.05, 0.1) is 14.2 Å². The Morgan fingerprint density at radius 2 is 1.22 bits per heavy atom. The van der Waals surface area contributed by atoms with Gasteiger partial charge in [-0.25, -0.2) is 19.2 Å². The normalized spacial score (nSPS) is 13.8. The number of aliphatic hydroxyl groups is 2. The Morgan fingerprint density at radius 1 is 0.732 bits per heavy atom. The number of rotatable bonds is 11. The fraction of sp³-hybridized carbons (Fsp3) is 0.185. The highest BCUT2D eigenvalue weighted by Crippen LogP contribution is 2.26. The first kappa shape index (κ1) is 31.7. The molecule has 2 rings (SSSR count).